The van der Waals surface area contributed by atoms with Crippen LogP contribution in [0.2, 0.25) is 0 Å². The minimum atomic E-state index is 0. The van der Waals surface area contributed by atoms with Crippen molar-refractivity contribution in [3.8, 4) is 0 Å². The third kappa shape index (κ3) is 6.69. The second kappa shape index (κ2) is 11.5. The molecule has 0 bridgehead atoms. The number of halogens is 1. The number of aliphatic imine (C=N–C) groups is 1. The maximum atomic E-state index is 9.11. The summed E-state index contributed by atoms with van der Waals surface area (Å²) in [5.41, 5.74) is 0. The van der Waals surface area contributed by atoms with Crippen molar-refractivity contribution in [2.75, 3.05) is 45.9 Å². The van der Waals surface area contributed by atoms with Crippen LogP contribution in [0.1, 0.15) is 34.1 Å². The van der Waals surface area contributed by atoms with Gasteiger partial charge in [0.2, 0.25) is 0 Å². The van der Waals surface area contributed by atoms with Gasteiger partial charge in [-0.2, -0.15) is 0 Å². The van der Waals surface area contributed by atoms with Gasteiger partial charge in [-0.25, -0.2) is 0 Å². The molecular formula is C15H33IN4O. The van der Waals surface area contributed by atoms with Crippen LogP contribution < -0.4 is 5.32 Å². The molecule has 0 spiro atoms. The standard InChI is InChI=1S/C15H32N4O.HI/c1-5-16-15(17-10-13(4)12-20)19-9-8-14(11-19)18(6-2)7-3;/h13-14,20H,5-12H2,1-4H3,(H,16,17);1H. The van der Waals surface area contributed by atoms with Crippen LogP contribution in [0.3, 0.4) is 0 Å². The van der Waals surface area contributed by atoms with Gasteiger partial charge < -0.3 is 15.3 Å². The summed E-state index contributed by atoms with van der Waals surface area (Å²) in [6.45, 7) is 14.7. The maximum Gasteiger partial charge on any atom is 0.193 e. The lowest BCUT2D eigenvalue weighted by Gasteiger charge is -2.27. The molecule has 1 fully saturated rings. The van der Waals surface area contributed by atoms with E-state index >= 15 is 0 Å². The smallest absolute Gasteiger partial charge is 0.193 e. The number of nitrogens with one attached hydrogen (secondary N) is 1. The third-order valence-corrected chi connectivity index (χ3v) is 3.99. The molecule has 1 heterocycles. The van der Waals surface area contributed by atoms with Gasteiger partial charge >= 0.3 is 0 Å². The first-order chi connectivity index (χ1) is 9.65. The Morgan fingerprint density at radius 1 is 1.38 bits per heavy atom. The summed E-state index contributed by atoms with van der Waals surface area (Å²) >= 11 is 0. The summed E-state index contributed by atoms with van der Waals surface area (Å²) in [4.78, 5) is 9.55. The Morgan fingerprint density at radius 3 is 2.57 bits per heavy atom. The van der Waals surface area contributed by atoms with Crippen molar-refractivity contribution in [1.82, 2.24) is 15.1 Å². The van der Waals surface area contributed by atoms with E-state index in [4.69, 9.17) is 5.11 Å². The van der Waals surface area contributed by atoms with E-state index in [-0.39, 0.29) is 36.5 Å². The molecule has 0 aromatic rings. The zero-order valence-corrected chi connectivity index (χ0v) is 16.3. The predicted molar refractivity (Wildman–Crippen MR) is 101 cm³/mol. The zero-order valence-electron chi connectivity index (χ0n) is 14.0. The van der Waals surface area contributed by atoms with Crippen LogP contribution in [-0.4, -0.2) is 72.8 Å². The summed E-state index contributed by atoms with van der Waals surface area (Å²) in [5.74, 6) is 1.23. The number of aliphatic hydroxyl groups excluding tert-OH is 1. The lowest BCUT2D eigenvalue weighted by atomic mass is 10.2. The molecule has 1 aliphatic rings. The van der Waals surface area contributed by atoms with Crippen LogP contribution in [0, 0.1) is 5.92 Å². The number of nitrogens with zero attached hydrogens (tertiary/aromatic N) is 3. The second-order valence-corrected chi connectivity index (χ2v) is 5.59. The lowest BCUT2D eigenvalue weighted by Crippen LogP contribution is -2.43. The van der Waals surface area contributed by atoms with Crippen molar-refractivity contribution in [3.05, 3.63) is 0 Å². The van der Waals surface area contributed by atoms with E-state index < -0.39 is 0 Å². The number of likely N-dealkylation sites (tertiary alicyclic amines) is 1. The predicted octanol–water partition coefficient (Wildman–Crippen LogP) is 1.61. The molecule has 1 aliphatic heterocycles. The summed E-state index contributed by atoms with van der Waals surface area (Å²) in [6, 6.07) is 0.643. The molecule has 5 nitrogen and oxygen atoms in total. The molecule has 0 saturated carbocycles. The van der Waals surface area contributed by atoms with Gasteiger partial charge in [0.05, 0.1) is 0 Å². The second-order valence-electron chi connectivity index (χ2n) is 5.59. The van der Waals surface area contributed by atoms with E-state index in [9.17, 15) is 0 Å². The molecule has 2 unspecified atom stereocenters. The Hall–Kier alpha value is -0.0800. The largest absolute Gasteiger partial charge is 0.396 e. The molecule has 1 rings (SSSR count). The lowest BCUT2D eigenvalue weighted by molar-refractivity contribution is 0.223. The highest BCUT2D eigenvalue weighted by Gasteiger charge is 2.27. The SMILES string of the molecule is CCNC(=NCC(C)CO)N1CCC(N(CC)CC)C1.I. The maximum absolute atomic E-state index is 9.11. The van der Waals surface area contributed by atoms with Gasteiger partial charge in [-0.05, 0) is 32.4 Å². The van der Waals surface area contributed by atoms with Gasteiger partial charge in [0.25, 0.3) is 0 Å². The van der Waals surface area contributed by atoms with E-state index in [1.165, 1.54) is 6.42 Å². The molecule has 0 aromatic heterocycles. The Balaban J connectivity index is 0.00000400. The van der Waals surface area contributed by atoms with Gasteiger partial charge in [0.15, 0.2) is 5.96 Å². The van der Waals surface area contributed by atoms with E-state index in [1.54, 1.807) is 0 Å². The topological polar surface area (TPSA) is 51.1 Å². The van der Waals surface area contributed by atoms with Crippen molar-refractivity contribution in [2.24, 2.45) is 10.9 Å². The molecule has 2 N–H and O–H groups in total. The third-order valence-electron chi connectivity index (χ3n) is 3.99. The van der Waals surface area contributed by atoms with Crippen LogP contribution in [0.4, 0.5) is 0 Å². The Kier molecular flexibility index (Phi) is 11.4. The van der Waals surface area contributed by atoms with Gasteiger partial charge in [-0.15, -0.1) is 24.0 Å². The first-order valence-electron chi connectivity index (χ1n) is 8.04. The van der Waals surface area contributed by atoms with Crippen molar-refractivity contribution in [2.45, 2.75) is 40.2 Å². The van der Waals surface area contributed by atoms with Crippen LogP contribution in [-0.2, 0) is 0 Å². The van der Waals surface area contributed by atoms with Crippen molar-refractivity contribution >= 4 is 29.9 Å². The molecule has 126 valence electrons. The van der Waals surface area contributed by atoms with E-state index in [2.05, 4.69) is 40.9 Å². The molecule has 0 radical (unpaired) electrons. The number of guanidine groups is 1. The zero-order chi connectivity index (χ0) is 15.0. The highest BCUT2D eigenvalue weighted by Crippen LogP contribution is 2.15. The Bertz CT molecular complexity index is 297. The normalized spacial score (nSPS) is 20.6. The quantitative estimate of drug-likeness (QED) is 0.379. The number of hydrogen-bond donors (Lipinski definition) is 2. The number of aliphatic hydroxyl groups is 1. The number of rotatable bonds is 7. The van der Waals surface area contributed by atoms with E-state index in [1.807, 2.05) is 6.92 Å². The average Bonchev–Trinajstić information content (AvgIpc) is 2.94. The minimum Gasteiger partial charge on any atom is -0.396 e. The van der Waals surface area contributed by atoms with E-state index in [0.717, 1.165) is 38.7 Å². The van der Waals surface area contributed by atoms with Gasteiger partial charge in [-0.1, -0.05) is 20.8 Å². The summed E-state index contributed by atoms with van der Waals surface area (Å²) in [5, 5.41) is 12.5. The fourth-order valence-electron chi connectivity index (χ4n) is 2.70. The van der Waals surface area contributed by atoms with Crippen LogP contribution in [0.25, 0.3) is 0 Å². The van der Waals surface area contributed by atoms with Crippen LogP contribution in [0.15, 0.2) is 4.99 Å². The molecule has 6 heteroatoms. The van der Waals surface area contributed by atoms with Gasteiger partial charge in [0.1, 0.15) is 0 Å². The van der Waals surface area contributed by atoms with Crippen molar-refractivity contribution < 1.29 is 5.11 Å². The fourth-order valence-corrected chi connectivity index (χ4v) is 2.70. The molecule has 0 aromatic carbocycles. The Labute approximate surface area is 147 Å². The van der Waals surface area contributed by atoms with Gasteiger partial charge in [0, 0.05) is 38.8 Å². The number of hydrogen-bond acceptors (Lipinski definition) is 3. The average molecular weight is 412 g/mol. The Morgan fingerprint density at radius 2 is 2.05 bits per heavy atom. The summed E-state index contributed by atoms with van der Waals surface area (Å²) in [6.07, 6.45) is 1.21. The van der Waals surface area contributed by atoms with Crippen molar-refractivity contribution in [1.29, 1.82) is 0 Å². The van der Waals surface area contributed by atoms with Crippen molar-refractivity contribution in [3.63, 3.8) is 0 Å². The first kappa shape index (κ1) is 20.9. The molecule has 0 aliphatic carbocycles. The molecule has 21 heavy (non-hydrogen) atoms. The fraction of sp³-hybridized carbons (Fsp3) is 0.933. The highest BCUT2D eigenvalue weighted by molar-refractivity contribution is 14.0. The van der Waals surface area contributed by atoms with Gasteiger partial charge in [-0.3, -0.25) is 9.89 Å². The summed E-state index contributed by atoms with van der Waals surface area (Å²) < 4.78 is 0. The van der Waals surface area contributed by atoms with Crippen LogP contribution in [0.5, 0.6) is 0 Å². The van der Waals surface area contributed by atoms with Crippen LogP contribution >= 0.6 is 24.0 Å². The summed E-state index contributed by atoms with van der Waals surface area (Å²) in [7, 11) is 0. The molecule has 2 atom stereocenters. The number of likely N-dealkylation sites (N-methyl/N-ethyl adjacent to an activating group) is 1. The molecular weight excluding hydrogens is 379 g/mol. The molecule has 0 amide bonds. The molecule has 1 saturated heterocycles. The van der Waals surface area contributed by atoms with E-state index in [0.29, 0.717) is 12.6 Å². The highest BCUT2D eigenvalue weighted by atomic mass is 127. The first-order valence-corrected chi connectivity index (χ1v) is 8.04. The minimum absolute atomic E-state index is 0. The monoisotopic (exact) mass is 412 g/mol.